The van der Waals surface area contributed by atoms with Crippen molar-refractivity contribution >= 4 is 35.2 Å². The van der Waals surface area contributed by atoms with E-state index in [1.807, 2.05) is 0 Å². The first-order valence-electron chi connectivity index (χ1n) is 7.64. The van der Waals surface area contributed by atoms with Crippen molar-refractivity contribution in [3.05, 3.63) is 75.5 Å². The van der Waals surface area contributed by atoms with E-state index in [-0.39, 0.29) is 16.9 Å². The standard InChI is InChI=1S/C18H15N3O6/c1-11(22)19-16(10-12-2-8-15(9-3-12)21(26)27)17(23)20-14-6-4-13(5-7-14)18(24)25/h2-10H,1H3,(H,19,22)(H,20,23)(H,24,25). The minimum atomic E-state index is -1.09. The summed E-state index contributed by atoms with van der Waals surface area (Å²) in [6, 6.07) is 10.9. The van der Waals surface area contributed by atoms with Crippen LogP contribution in [0.4, 0.5) is 11.4 Å². The van der Waals surface area contributed by atoms with Crippen molar-refractivity contribution in [3.63, 3.8) is 0 Å². The van der Waals surface area contributed by atoms with Crippen molar-refractivity contribution in [2.24, 2.45) is 0 Å². The Bertz CT molecular complexity index is 917. The quantitative estimate of drug-likeness (QED) is 0.406. The summed E-state index contributed by atoms with van der Waals surface area (Å²) >= 11 is 0. The topological polar surface area (TPSA) is 139 Å². The Balaban J connectivity index is 2.23. The molecule has 27 heavy (non-hydrogen) atoms. The van der Waals surface area contributed by atoms with E-state index in [0.29, 0.717) is 11.3 Å². The number of hydrogen-bond donors (Lipinski definition) is 3. The number of benzene rings is 2. The predicted octanol–water partition coefficient (Wildman–Crippen LogP) is 2.41. The Morgan fingerprint density at radius 2 is 1.63 bits per heavy atom. The average molecular weight is 369 g/mol. The van der Waals surface area contributed by atoms with Crippen LogP contribution in [0.2, 0.25) is 0 Å². The molecule has 0 atom stereocenters. The number of carboxylic acid groups (broad SMARTS) is 1. The van der Waals surface area contributed by atoms with Crippen LogP contribution >= 0.6 is 0 Å². The van der Waals surface area contributed by atoms with Crippen molar-refractivity contribution < 1.29 is 24.4 Å². The molecule has 2 aromatic carbocycles. The van der Waals surface area contributed by atoms with E-state index >= 15 is 0 Å². The van der Waals surface area contributed by atoms with Crippen LogP contribution in [0.1, 0.15) is 22.8 Å². The molecule has 0 aromatic heterocycles. The van der Waals surface area contributed by atoms with Crippen molar-refractivity contribution in [2.45, 2.75) is 6.92 Å². The highest BCUT2D eigenvalue weighted by Crippen LogP contribution is 2.15. The minimum Gasteiger partial charge on any atom is -0.478 e. The van der Waals surface area contributed by atoms with E-state index in [2.05, 4.69) is 10.6 Å². The van der Waals surface area contributed by atoms with Gasteiger partial charge in [0.2, 0.25) is 5.91 Å². The van der Waals surface area contributed by atoms with Crippen LogP contribution in [0.3, 0.4) is 0 Å². The fourth-order valence-electron chi connectivity index (χ4n) is 2.10. The molecule has 0 unspecified atom stereocenters. The van der Waals surface area contributed by atoms with Gasteiger partial charge in [0.05, 0.1) is 10.5 Å². The Morgan fingerprint density at radius 3 is 2.11 bits per heavy atom. The summed E-state index contributed by atoms with van der Waals surface area (Å²) in [4.78, 5) is 44.8. The Morgan fingerprint density at radius 1 is 1.04 bits per heavy atom. The Labute approximate surface area is 153 Å². The van der Waals surface area contributed by atoms with Gasteiger partial charge in [-0.25, -0.2) is 4.79 Å². The maximum atomic E-state index is 12.4. The van der Waals surface area contributed by atoms with Crippen LogP contribution in [0.25, 0.3) is 6.08 Å². The van der Waals surface area contributed by atoms with Crippen molar-refractivity contribution in [3.8, 4) is 0 Å². The third-order valence-corrected chi connectivity index (χ3v) is 3.36. The monoisotopic (exact) mass is 369 g/mol. The summed E-state index contributed by atoms with van der Waals surface area (Å²) in [5, 5.41) is 24.5. The number of anilines is 1. The number of carbonyl (C=O) groups is 3. The van der Waals surface area contributed by atoms with Gasteiger partial charge in [-0.15, -0.1) is 0 Å². The third kappa shape index (κ3) is 5.49. The Kier molecular flexibility index (Phi) is 6.00. The van der Waals surface area contributed by atoms with E-state index in [1.165, 1.54) is 61.5 Å². The normalized spacial score (nSPS) is 10.8. The zero-order valence-electron chi connectivity index (χ0n) is 14.1. The Hall–Kier alpha value is -4.01. The summed E-state index contributed by atoms with van der Waals surface area (Å²) < 4.78 is 0. The molecule has 0 aliphatic rings. The molecule has 2 aromatic rings. The van der Waals surface area contributed by atoms with Gasteiger partial charge in [0, 0.05) is 24.7 Å². The highest BCUT2D eigenvalue weighted by molar-refractivity contribution is 6.08. The zero-order valence-corrected chi connectivity index (χ0v) is 14.1. The van der Waals surface area contributed by atoms with Gasteiger partial charge in [-0.05, 0) is 48.0 Å². The molecule has 0 saturated heterocycles. The number of nitro benzene ring substituents is 1. The molecule has 2 rings (SSSR count). The van der Waals surface area contributed by atoms with Crippen molar-refractivity contribution in [2.75, 3.05) is 5.32 Å². The number of rotatable bonds is 6. The summed E-state index contributed by atoms with van der Waals surface area (Å²) in [5.74, 6) is -2.20. The SMILES string of the molecule is CC(=O)NC(=Cc1ccc([N+](=O)[O-])cc1)C(=O)Nc1ccc(C(=O)O)cc1. The van der Waals surface area contributed by atoms with Crippen LogP contribution in [0, 0.1) is 10.1 Å². The van der Waals surface area contributed by atoms with Crippen LogP contribution in [-0.4, -0.2) is 27.8 Å². The maximum Gasteiger partial charge on any atom is 0.335 e. The molecule has 0 aliphatic carbocycles. The molecule has 9 nitrogen and oxygen atoms in total. The number of carboxylic acids is 1. The maximum absolute atomic E-state index is 12.4. The zero-order chi connectivity index (χ0) is 20.0. The van der Waals surface area contributed by atoms with Gasteiger partial charge in [0.15, 0.2) is 0 Å². The second-order valence-electron chi connectivity index (χ2n) is 5.42. The van der Waals surface area contributed by atoms with E-state index in [4.69, 9.17) is 5.11 Å². The molecule has 0 heterocycles. The summed E-state index contributed by atoms with van der Waals surface area (Å²) in [7, 11) is 0. The highest BCUT2D eigenvalue weighted by Gasteiger charge is 2.13. The highest BCUT2D eigenvalue weighted by atomic mass is 16.6. The number of carbonyl (C=O) groups excluding carboxylic acids is 2. The number of nitrogens with one attached hydrogen (secondary N) is 2. The van der Waals surface area contributed by atoms with Crippen LogP contribution < -0.4 is 10.6 Å². The van der Waals surface area contributed by atoms with E-state index in [9.17, 15) is 24.5 Å². The first-order valence-corrected chi connectivity index (χ1v) is 7.64. The van der Waals surface area contributed by atoms with Gasteiger partial charge in [0.25, 0.3) is 11.6 Å². The lowest BCUT2D eigenvalue weighted by Crippen LogP contribution is -2.28. The van der Waals surface area contributed by atoms with Crippen LogP contribution in [0.15, 0.2) is 54.2 Å². The molecule has 0 saturated carbocycles. The van der Waals surface area contributed by atoms with Crippen LogP contribution in [0.5, 0.6) is 0 Å². The van der Waals surface area contributed by atoms with Gasteiger partial charge in [-0.2, -0.15) is 0 Å². The number of amides is 2. The second kappa shape index (κ2) is 8.39. The number of hydrogen-bond acceptors (Lipinski definition) is 5. The van der Waals surface area contributed by atoms with Gasteiger partial charge in [-0.1, -0.05) is 0 Å². The number of non-ortho nitro benzene ring substituents is 1. The minimum absolute atomic E-state index is 0.0662. The van der Waals surface area contributed by atoms with Crippen molar-refractivity contribution in [1.82, 2.24) is 5.32 Å². The van der Waals surface area contributed by atoms with Crippen LogP contribution in [-0.2, 0) is 9.59 Å². The molecule has 2 amide bonds. The largest absolute Gasteiger partial charge is 0.478 e. The van der Waals surface area contributed by atoms with E-state index in [0.717, 1.165) is 0 Å². The van der Waals surface area contributed by atoms with Gasteiger partial charge in [0.1, 0.15) is 5.70 Å². The van der Waals surface area contributed by atoms with Gasteiger partial charge >= 0.3 is 5.97 Å². The number of aromatic carboxylic acids is 1. The molecule has 138 valence electrons. The van der Waals surface area contributed by atoms with Crippen molar-refractivity contribution in [1.29, 1.82) is 0 Å². The molecule has 0 radical (unpaired) electrons. The predicted molar refractivity (Wildman–Crippen MR) is 96.9 cm³/mol. The lowest BCUT2D eigenvalue weighted by atomic mass is 10.1. The fraction of sp³-hybridized carbons (Fsp3) is 0.0556. The first kappa shape index (κ1) is 19.3. The third-order valence-electron chi connectivity index (χ3n) is 3.36. The summed E-state index contributed by atoms with van der Waals surface area (Å²) in [6.45, 7) is 1.23. The molecule has 0 aliphatic heterocycles. The number of nitrogens with zero attached hydrogens (tertiary/aromatic N) is 1. The molecule has 0 fully saturated rings. The van der Waals surface area contributed by atoms with Gasteiger partial charge in [-0.3, -0.25) is 19.7 Å². The van der Waals surface area contributed by atoms with E-state index in [1.54, 1.807) is 0 Å². The molecule has 9 heteroatoms. The average Bonchev–Trinajstić information content (AvgIpc) is 2.61. The smallest absolute Gasteiger partial charge is 0.335 e. The molecule has 3 N–H and O–H groups in total. The second-order valence-corrected chi connectivity index (χ2v) is 5.42. The summed E-state index contributed by atoms with van der Waals surface area (Å²) in [5.41, 5.74) is 0.706. The first-order chi connectivity index (χ1) is 12.8. The fourth-order valence-corrected chi connectivity index (χ4v) is 2.10. The summed E-state index contributed by atoms with van der Waals surface area (Å²) in [6.07, 6.45) is 1.37. The molecular formula is C18H15N3O6. The van der Waals surface area contributed by atoms with Gasteiger partial charge < -0.3 is 15.7 Å². The molecular weight excluding hydrogens is 354 g/mol. The van der Waals surface area contributed by atoms with E-state index < -0.39 is 22.7 Å². The lowest BCUT2D eigenvalue weighted by Gasteiger charge is -2.10. The molecule has 0 spiro atoms. The lowest BCUT2D eigenvalue weighted by molar-refractivity contribution is -0.384. The molecule has 0 bridgehead atoms. The number of nitro groups is 1.